The molecule has 43 heavy (non-hydrogen) atoms. The lowest BCUT2D eigenvalue weighted by Crippen LogP contribution is -2.56. The first kappa shape index (κ1) is 25.7. The second kappa shape index (κ2) is 9.23. The average molecular weight is 566 g/mol. The fourth-order valence-corrected chi connectivity index (χ4v) is 7.24. The molecule has 1 N–H and O–H groups in total. The van der Waals surface area contributed by atoms with Crippen LogP contribution in [-0.4, -0.2) is 31.5 Å². The van der Waals surface area contributed by atoms with Gasteiger partial charge in [-0.15, -0.1) is 0 Å². The summed E-state index contributed by atoms with van der Waals surface area (Å²) in [6.45, 7) is 6.93. The topological polar surface area (TPSA) is 80.1 Å². The van der Waals surface area contributed by atoms with E-state index in [4.69, 9.17) is 10.1 Å². The minimum absolute atomic E-state index is 0.200. The number of carbonyl (C=O) groups is 2. The number of nitrogens with zero attached hydrogens (tertiary/aromatic N) is 4. The summed E-state index contributed by atoms with van der Waals surface area (Å²) in [6.07, 6.45) is 1.50. The molecule has 2 amide bonds. The van der Waals surface area contributed by atoms with E-state index in [0.717, 1.165) is 63.7 Å². The summed E-state index contributed by atoms with van der Waals surface area (Å²) in [5.41, 5.74) is 8.50. The van der Waals surface area contributed by atoms with E-state index in [-0.39, 0.29) is 11.8 Å². The smallest absolute Gasteiger partial charge is 0.262 e. The molecular weight excluding hydrogens is 534 g/mol. The van der Waals surface area contributed by atoms with Crippen LogP contribution in [0.4, 0.5) is 5.82 Å². The molecule has 4 heterocycles. The van der Waals surface area contributed by atoms with Crippen molar-refractivity contribution in [2.45, 2.75) is 45.7 Å². The molecule has 0 spiro atoms. The fraction of sp³-hybridized carbons (Fsp3) is 0.222. The molecule has 0 radical (unpaired) electrons. The zero-order valence-corrected chi connectivity index (χ0v) is 24.4. The quantitative estimate of drug-likeness (QED) is 0.236. The highest BCUT2D eigenvalue weighted by Gasteiger charge is 2.55. The van der Waals surface area contributed by atoms with Crippen molar-refractivity contribution in [3.63, 3.8) is 0 Å². The standard InChI is InChI=1S/C36H31N5O2/c1-21-7-6-8-25(15-21)30-17-26-20-37-31-16-23(3)39-41(31)33(26)38-32(30)24-11-13-27(14-12-24)36(18-22(2)19-36)40-34(42)28-9-4-5-10-29(28)35(40)43/h4-17,22,37H,18-20H2,1-3H3. The number of fused-ring (bicyclic) bond motifs is 4. The second-order valence-corrected chi connectivity index (χ2v) is 12.3. The van der Waals surface area contributed by atoms with Crippen LogP contribution in [0.2, 0.25) is 0 Å². The lowest BCUT2D eigenvalue weighted by Gasteiger charge is -2.51. The third kappa shape index (κ3) is 3.80. The van der Waals surface area contributed by atoms with Gasteiger partial charge >= 0.3 is 0 Å². The second-order valence-electron chi connectivity index (χ2n) is 12.3. The number of benzene rings is 3. The molecule has 5 aromatic rings. The highest BCUT2D eigenvalue weighted by atomic mass is 16.2. The van der Waals surface area contributed by atoms with Crippen molar-refractivity contribution in [2.75, 3.05) is 5.32 Å². The van der Waals surface area contributed by atoms with Crippen LogP contribution in [0.15, 0.2) is 84.9 Å². The SMILES string of the molecule is Cc1cccc(-c2cc3c(nc2-c2ccc(C4(N5C(=O)c6ccccc6C5=O)CC(C)C4)cc2)-n2nc(C)cc2NC3)c1. The van der Waals surface area contributed by atoms with Crippen molar-refractivity contribution < 1.29 is 9.59 Å². The molecule has 212 valence electrons. The lowest BCUT2D eigenvalue weighted by atomic mass is 9.64. The Morgan fingerprint density at radius 3 is 2.21 bits per heavy atom. The largest absolute Gasteiger partial charge is 0.366 e. The van der Waals surface area contributed by atoms with Gasteiger partial charge in [0, 0.05) is 29.3 Å². The predicted molar refractivity (Wildman–Crippen MR) is 166 cm³/mol. The first-order valence-corrected chi connectivity index (χ1v) is 14.8. The van der Waals surface area contributed by atoms with Crippen LogP contribution in [0.25, 0.3) is 28.2 Å². The average Bonchev–Trinajstić information content (AvgIpc) is 3.51. The van der Waals surface area contributed by atoms with Crippen molar-refractivity contribution in [1.82, 2.24) is 19.7 Å². The Bertz CT molecular complexity index is 1930. The molecular formula is C36H31N5O2. The van der Waals surface area contributed by atoms with Gasteiger partial charge in [-0.3, -0.25) is 14.5 Å². The Morgan fingerprint density at radius 2 is 1.53 bits per heavy atom. The molecule has 3 aromatic carbocycles. The maximum absolute atomic E-state index is 13.6. The first-order chi connectivity index (χ1) is 20.8. The van der Waals surface area contributed by atoms with Gasteiger partial charge < -0.3 is 5.32 Å². The zero-order valence-electron chi connectivity index (χ0n) is 24.4. The van der Waals surface area contributed by atoms with Crippen molar-refractivity contribution in [2.24, 2.45) is 5.92 Å². The van der Waals surface area contributed by atoms with Crippen LogP contribution >= 0.6 is 0 Å². The van der Waals surface area contributed by atoms with Crippen LogP contribution < -0.4 is 5.32 Å². The summed E-state index contributed by atoms with van der Waals surface area (Å²) in [5.74, 6) is 1.78. The van der Waals surface area contributed by atoms with Crippen molar-refractivity contribution >= 4 is 17.6 Å². The molecule has 0 saturated heterocycles. The van der Waals surface area contributed by atoms with Crippen LogP contribution in [0.3, 0.4) is 0 Å². The Morgan fingerprint density at radius 1 is 0.814 bits per heavy atom. The van der Waals surface area contributed by atoms with Gasteiger partial charge in [-0.05, 0) is 61.9 Å². The Kier molecular flexibility index (Phi) is 5.51. The summed E-state index contributed by atoms with van der Waals surface area (Å²) in [5, 5.41) is 8.18. The summed E-state index contributed by atoms with van der Waals surface area (Å²) in [6, 6.07) is 28.2. The van der Waals surface area contributed by atoms with Crippen molar-refractivity contribution in [3.05, 3.63) is 118 Å². The van der Waals surface area contributed by atoms with Gasteiger partial charge in [-0.25, -0.2) is 4.98 Å². The molecule has 3 aliphatic rings. The third-order valence-corrected chi connectivity index (χ3v) is 9.19. The number of amides is 2. The number of nitrogens with one attached hydrogen (secondary N) is 1. The number of hydrogen-bond donors (Lipinski definition) is 1. The molecule has 8 rings (SSSR count). The molecule has 0 atom stereocenters. The van der Waals surface area contributed by atoms with E-state index in [1.54, 1.807) is 12.1 Å². The molecule has 1 saturated carbocycles. The Balaban J connectivity index is 1.24. The molecule has 2 aromatic heterocycles. The number of carbonyl (C=O) groups excluding carboxylic acids is 2. The molecule has 7 heteroatoms. The normalized spacial score (nSPS) is 20.3. The van der Waals surface area contributed by atoms with E-state index in [0.29, 0.717) is 23.6 Å². The molecule has 1 aliphatic carbocycles. The third-order valence-electron chi connectivity index (χ3n) is 9.19. The number of anilines is 1. The molecule has 1 fully saturated rings. The van der Waals surface area contributed by atoms with Gasteiger partial charge in [0.15, 0.2) is 5.82 Å². The van der Waals surface area contributed by atoms with Crippen LogP contribution in [0, 0.1) is 19.8 Å². The molecule has 2 aliphatic heterocycles. The van der Waals surface area contributed by atoms with Gasteiger partial charge in [0.25, 0.3) is 11.8 Å². The van der Waals surface area contributed by atoms with Gasteiger partial charge in [0.1, 0.15) is 5.82 Å². The van der Waals surface area contributed by atoms with Crippen LogP contribution in [0.5, 0.6) is 0 Å². The minimum atomic E-state index is -0.652. The number of imide groups is 1. The van der Waals surface area contributed by atoms with E-state index in [1.165, 1.54) is 10.5 Å². The van der Waals surface area contributed by atoms with Gasteiger partial charge in [-0.2, -0.15) is 9.78 Å². The number of aryl methyl sites for hydroxylation is 2. The summed E-state index contributed by atoms with van der Waals surface area (Å²) in [4.78, 5) is 33.9. The van der Waals surface area contributed by atoms with E-state index < -0.39 is 5.54 Å². The first-order valence-electron chi connectivity index (χ1n) is 14.8. The monoisotopic (exact) mass is 565 g/mol. The molecule has 7 nitrogen and oxygen atoms in total. The fourth-order valence-electron chi connectivity index (χ4n) is 7.24. The Hall–Kier alpha value is -5.04. The number of rotatable bonds is 4. The number of pyridine rings is 1. The van der Waals surface area contributed by atoms with E-state index in [1.807, 2.05) is 29.8 Å². The maximum atomic E-state index is 13.6. The van der Waals surface area contributed by atoms with E-state index >= 15 is 0 Å². The highest BCUT2D eigenvalue weighted by Crippen LogP contribution is 2.53. The summed E-state index contributed by atoms with van der Waals surface area (Å²) < 4.78 is 1.89. The van der Waals surface area contributed by atoms with Crippen LogP contribution in [0.1, 0.15) is 62.9 Å². The summed E-state index contributed by atoms with van der Waals surface area (Å²) >= 11 is 0. The zero-order chi connectivity index (χ0) is 29.5. The van der Waals surface area contributed by atoms with Crippen LogP contribution in [-0.2, 0) is 12.1 Å². The van der Waals surface area contributed by atoms with Gasteiger partial charge in [0.2, 0.25) is 0 Å². The molecule has 0 unspecified atom stereocenters. The Labute approximate surface area is 250 Å². The number of aromatic nitrogens is 3. The van der Waals surface area contributed by atoms with E-state index in [2.05, 4.69) is 73.8 Å². The summed E-state index contributed by atoms with van der Waals surface area (Å²) in [7, 11) is 0. The number of hydrogen-bond acceptors (Lipinski definition) is 5. The lowest BCUT2D eigenvalue weighted by molar-refractivity contribution is -0.00198. The van der Waals surface area contributed by atoms with Gasteiger partial charge in [0.05, 0.1) is 28.1 Å². The van der Waals surface area contributed by atoms with Crippen molar-refractivity contribution in [3.8, 4) is 28.2 Å². The van der Waals surface area contributed by atoms with E-state index in [9.17, 15) is 9.59 Å². The van der Waals surface area contributed by atoms with Crippen molar-refractivity contribution in [1.29, 1.82) is 0 Å². The molecule has 0 bridgehead atoms. The predicted octanol–water partition coefficient (Wildman–Crippen LogP) is 7.07. The minimum Gasteiger partial charge on any atom is -0.366 e. The highest BCUT2D eigenvalue weighted by molar-refractivity contribution is 6.22. The maximum Gasteiger partial charge on any atom is 0.262 e. The van der Waals surface area contributed by atoms with Gasteiger partial charge in [-0.1, -0.05) is 73.2 Å².